The molecule has 0 saturated carbocycles. The van der Waals surface area contributed by atoms with Crippen LogP contribution in [0.15, 0.2) is 21.9 Å². The number of nitrogens with one attached hydrogen (secondary N) is 1. The van der Waals surface area contributed by atoms with Gasteiger partial charge in [-0.2, -0.15) is 0 Å². The lowest BCUT2D eigenvalue weighted by molar-refractivity contribution is -0.0514. The van der Waals surface area contributed by atoms with Crippen molar-refractivity contribution in [1.82, 2.24) is 9.55 Å². The highest BCUT2D eigenvalue weighted by Crippen LogP contribution is 2.54. The van der Waals surface area contributed by atoms with Crippen molar-refractivity contribution in [2.75, 3.05) is 6.61 Å². The summed E-state index contributed by atoms with van der Waals surface area (Å²) in [6, 6.07) is 8.26. The monoisotopic (exact) mass is 664 g/mol. The maximum atomic E-state index is 13.3. The lowest BCUT2D eigenvalue weighted by Crippen LogP contribution is -2.56. The largest absolute Gasteiger partial charge is 0.414 e. The molecule has 4 aliphatic heterocycles. The van der Waals surface area contributed by atoms with Crippen LogP contribution in [0, 0.1) is 0 Å². The molecule has 1 N–H and O–H groups in total. The standard InChI is InChI=1S/C33H60N2O6Si3/c1-31(2,3)42(18-10-11-19-42)38-24-25-27(40-43(32(4,5)6)20-12-13-21-43)28(41-44(33(7,8)9)22-14-15-23-44)29(39-25)35-17-16-26(36)34-30(35)37/h16-17,25,27-29H,10-15,18-24H2,1-9H3,(H,34,36,37)/t25-,27?,28?,29-/m0/s1. The van der Waals surface area contributed by atoms with Gasteiger partial charge in [-0.25, -0.2) is 4.79 Å². The van der Waals surface area contributed by atoms with Crippen LogP contribution in [0.3, 0.4) is 0 Å². The van der Waals surface area contributed by atoms with Gasteiger partial charge in [0.15, 0.2) is 31.2 Å². The van der Waals surface area contributed by atoms with Crippen LogP contribution in [0.1, 0.15) is 107 Å². The van der Waals surface area contributed by atoms with Crippen molar-refractivity contribution in [3.05, 3.63) is 33.1 Å². The van der Waals surface area contributed by atoms with Crippen LogP contribution in [0.5, 0.6) is 0 Å². The Bertz CT molecular complexity index is 1260. The number of aromatic nitrogens is 2. The fourth-order valence-corrected chi connectivity index (χ4v) is 22.9. The zero-order valence-corrected chi connectivity index (χ0v) is 32.1. The Morgan fingerprint density at radius 3 is 1.59 bits per heavy atom. The number of H-pyrrole nitrogens is 1. The Labute approximate surface area is 268 Å². The smallest absolute Gasteiger partial charge is 0.330 e. The minimum absolute atomic E-state index is 0.0305. The van der Waals surface area contributed by atoms with Gasteiger partial charge in [-0.3, -0.25) is 14.3 Å². The maximum absolute atomic E-state index is 13.3. The number of nitrogens with zero attached hydrogens (tertiary/aromatic N) is 1. The molecule has 0 amide bonds. The van der Waals surface area contributed by atoms with E-state index in [2.05, 4.69) is 67.3 Å². The first-order chi connectivity index (χ1) is 20.4. The topological polar surface area (TPSA) is 91.8 Å². The van der Waals surface area contributed by atoms with E-state index >= 15 is 0 Å². The van der Waals surface area contributed by atoms with Crippen molar-refractivity contribution in [2.45, 2.75) is 177 Å². The Balaban J connectivity index is 1.60. The average Bonchev–Trinajstić information content (AvgIpc) is 3.71. The third kappa shape index (κ3) is 6.36. The third-order valence-corrected chi connectivity index (χ3v) is 29.3. The number of rotatable bonds is 8. The summed E-state index contributed by atoms with van der Waals surface area (Å²) in [4.78, 5) is 27.9. The van der Waals surface area contributed by atoms with Gasteiger partial charge in [0, 0.05) is 12.3 Å². The Hall–Kier alpha value is -0.829. The normalized spacial score (nSPS) is 30.3. The second-order valence-corrected chi connectivity index (χ2v) is 31.6. The molecular formula is C33H60N2O6Si3. The molecule has 1 aromatic heterocycles. The minimum atomic E-state index is -2.26. The maximum Gasteiger partial charge on any atom is 0.330 e. The van der Waals surface area contributed by atoms with E-state index in [1.54, 1.807) is 10.8 Å². The summed E-state index contributed by atoms with van der Waals surface area (Å²) in [6.45, 7) is 21.6. The summed E-state index contributed by atoms with van der Waals surface area (Å²) in [5.41, 5.74) is -0.871. The van der Waals surface area contributed by atoms with Crippen LogP contribution in [0.2, 0.25) is 51.4 Å². The van der Waals surface area contributed by atoms with E-state index in [4.69, 9.17) is 18.0 Å². The fourth-order valence-electron chi connectivity index (χ4n) is 8.76. The van der Waals surface area contributed by atoms with Crippen LogP contribution < -0.4 is 11.2 Å². The van der Waals surface area contributed by atoms with E-state index in [1.165, 1.54) is 56.7 Å². The third-order valence-electron chi connectivity index (χ3n) is 12.0. The van der Waals surface area contributed by atoms with E-state index in [0.717, 1.165) is 24.2 Å². The molecule has 4 aliphatic rings. The highest BCUT2D eigenvalue weighted by Gasteiger charge is 2.60. The minimum Gasteiger partial charge on any atom is -0.414 e. The van der Waals surface area contributed by atoms with E-state index in [9.17, 15) is 9.59 Å². The highest BCUT2D eigenvalue weighted by atomic mass is 28.4. The number of hydrogen-bond acceptors (Lipinski definition) is 6. The Kier molecular flexibility index (Phi) is 9.66. The van der Waals surface area contributed by atoms with Gasteiger partial charge >= 0.3 is 5.69 Å². The molecule has 250 valence electrons. The molecule has 5 rings (SSSR count). The van der Waals surface area contributed by atoms with Crippen LogP contribution in [-0.2, 0) is 18.0 Å². The zero-order valence-electron chi connectivity index (χ0n) is 29.1. The summed E-state index contributed by atoms with van der Waals surface area (Å²) in [5, 5.41) is 0.220. The van der Waals surface area contributed by atoms with Crippen LogP contribution >= 0.6 is 0 Å². The summed E-state index contributed by atoms with van der Waals surface area (Å²) < 4.78 is 30.9. The molecule has 0 radical (unpaired) electrons. The molecule has 4 atom stereocenters. The predicted molar refractivity (Wildman–Crippen MR) is 184 cm³/mol. The van der Waals surface area contributed by atoms with Crippen LogP contribution in [0.4, 0.5) is 0 Å². The van der Waals surface area contributed by atoms with Crippen molar-refractivity contribution in [3.63, 3.8) is 0 Å². The number of ether oxygens (including phenoxy) is 1. The lowest BCUT2D eigenvalue weighted by atomic mass is 10.1. The summed E-state index contributed by atoms with van der Waals surface area (Å²) in [5.74, 6) is 0. The number of hydrogen-bond donors (Lipinski definition) is 1. The quantitative estimate of drug-likeness (QED) is 0.285. The van der Waals surface area contributed by atoms with Gasteiger partial charge in [0.2, 0.25) is 0 Å². The molecule has 2 unspecified atom stereocenters. The van der Waals surface area contributed by atoms with Gasteiger partial charge in [-0.1, -0.05) is 101 Å². The summed E-state index contributed by atoms with van der Waals surface area (Å²) in [6.07, 6.45) is 6.99. The second-order valence-electron chi connectivity index (χ2n) is 17.4. The molecule has 0 aromatic carbocycles. The van der Waals surface area contributed by atoms with Gasteiger partial charge in [-0.15, -0.1) is 0 Å². The second kappa shape index (κ2) is 12.3. The molecule has 11 heteroatoms. The first kappa shape index (κ1) is 34.5. The van der Waals surface area contributed by atoms with E-state index < -0.39 is 48.5 Å². The molecule has 1 aromatic rings. The van der Waals surface area contributed by atoms with Crippen LogP contribution in [-0.4, -0.2) is 59.4 Å². The first-order valence-electron chi connectivity index (χ1n) is 17.4. The molecule has 4 fully saturated rings. The Morgan fingerprint density at radius 2 is 1.16 bits per heavy atom. The van der Waals surface area contributed by atoms with Crippen molar-refractivity contribution in [3.8, 4) is 0 Å². The van der Waals surface area contributed by atoms with E-state index in [1.807, 2.05) is 0 Å². The van der Waals surface area contributed by atoms with E-state index in [0.29, 0.717) is 6.61 Å². The molecule has 44 heavy (non-hydrogen) atoms. The van der Waals surface area contributed by atoms with Crippen LogP contribution in [0.25, 0.3) is 0 Å². The van der Waals surface area contributed by atoms with Gasteiger partial charge in [0.25, 0.3) is 5.56 Å². The van der Waals surface area contributed by atoms with Gasteiger partial charge < -0.3 is 18.0 Å². The summed E-state index contributed by atoms with van der Waals surface area (Å²) in [7, 11) is -6.49. The van der Waals surface area contributed by atoms with Gasteiger partial charge in [-0.05, 0) is 51.4 Å². The molecule has 0 aliphatic carbocycles. The van der Waals surface area contributed by atoms with Crippen molar-refractivity contribution in [1.29, 1.82) is 0 Å². The van der Waals surface area contributed by atoms with Gasteiger partial charge in [0.05, 0.1) is 6.61 Å². The molecule has 8 nitrogen and oxygen atoms in total. The zero-order chi connectivity index (χ0) is 32.2. The molecule has 5 heterocycles. The molecule has 0 spiro atoms. The molecular weight excluding hydrogens is 605 g/mol. The Morgan fingerprint density at radius 1 is 0.727 bits per heavy atom. The molecule has 0 bridgehead atoms. The SMILES string of the molecule is CC(C)(C)[Si]1(OC[C@@H]2O[C@H](n3ccc(=O)[nH]c3=O)C(O[Si]3(C(C)(C)C)CCCC3)C2O[Si]2(C(C)(C)C)CCCC2)CCCC1. The predicted octanol–water partition coefficient (Wildman–Crippen LogP) is 7.84. The van der Waals surface area contributed by atoms with E-state index in [-0.39, 0.29) is 27.3 Å². The highest BCUT2D eigenvalue weighted by molar-refractivity contribution is 6.78. The summed E-state index contributed by atoms with van der Waals surface area (Å²) >= 11 is 0. The van der Waals surface area contributed by atoms with Crippen molar-refractivity contribution >= 4 is 25.0 Å². The first-order valence-corrected chi connectivity index (χ1v) is 24.4. The lowest BCUT2D eigenvalue weighted by Gasteiger charge is -2.46. The fraction of sp³-hybridized carbons (Fsp3) is 0.879. The number of aromatic amines is 1. The average molecular weight is 665 g/mol. The molecule has 4 saturated heterocycles. The van der Waals surface area contributed by atoms with Gasteiger partial charge in [0.1, 0.15) is 18.3 Å². The van der Waals surface area contributed by atoms with Crippen molar-refractivity contribution < 1.29 is 18.0 Å². The van der Waals surface area contributed by atoms with Crippen molar-refractivity contribution in [2.24, 2.45) is 0 Å².